The second-order valence-electron chi connectivity index (χ2n) is 3.68. The van der Waals surface area contributed by atoms with Crippen molar-refractivity contribution < 1.29 is 9.53 Å². The Hall–Kier alpha value is -0.240. The fourth-order valence-electron chi connectivity index (χ4n) is 1.46. The summed E-state index contributed by atoms with van der Waals surface area (Å²) in [5.41, 5.74) is 0. The Morgan fingerprint density at radius 3 is 2.00 bits per heavy atom. The molecule has 0 spiro atoms. The van der Waals surface area contributed by atoms with Crippen molar-refractivity contribution in [2.75, 3.05) is 6.61 Å². The summed E-state index contributed by atoms with van der Waals surface area (Å²) in [6.45, 7) is 4.58. The lowest BCUT2D eigenvalue weighted by Gasteiger charge is -2.01. The molecule has 0 radical (unpaired) electrons. The van der Waals surface area contributed by atoms with E-state index in [9.17, 15) is 4.79 Å². The minimum atomic E-state index is -0.0407. The van der Waals surface area contributed by atoms with E-state index in [-0.39, 0.29) is 18.4 Å². The van der Waals surface area contributed by atoms with E-state index in [4.69, 9.17) is 4.74 Å². The summed E-state index contributed by atoms with van der Waals surface area (Å²) in [7, 11) is 0. The Labute approximate surface area is 100 Å². The molecule has 92 valence electrons. The van der Waals surface area contributed by atoms with Crippen LogP contribution in [-0.4, -0.2) is 12.6 Å². The van der Waals surface area contributed by atoms with Crippen LogP contribution >= 0.6 is 12.4 Å². The van der Waals surface area contributed by atoms with Crippen LogP contribution in [0.2, 0.25) is 0 Å². The maximum atomic E-state index is 11.0. The third-order valence-corrected chi connectivity index (χ3v) is 2.29. The van der Waals surface area contributed by atoms with Crippen LogP contribution in [0.4, 0.5) is 0 Å². The van der Waals surface area contributed by atoms with Gasteiger partial charge in [0.15, 0.2) is 0 Å². The number of hydrogen-bond acceptors (Lipinski definition) is 2. The van der Waals surface area contributed by atoms with Gasteiger partial charge in [-0.1, -0.05) is 45.4 Å². The predicted octanol–water partition coefficient (Wildman–Crippen LogP) is 4.11. The lowest BCUT2D eigenvalue weighted by molar-refractivity contribution is -0.143. The van der Waals surface area contributed by atoms with Gasteiger partial charge >= 0.3 is 5.97 Å². The number of halogens is 1. The van der Waals surface area contributed by atoms with Gasteiger partial charge < -0.3 is 4.74 Å². The molecule has 0 aromatic carbocycles. The molecule has 0 aliphatic heterocycles. The van der Waals surface area contributed by atoms with Crippen LogP contribution in [0.5, 0.6) is 0 Å². The Balaban J connectivity index is 0. The van der Waals surface area contributed by atoms with E-state index in [1.807, 2.05) is 6.92 Å². The van der Waals surface area contributed by atoms with Crippen molar-refractivity contribution in [2.45, 2.75) is 65.2 Å². The van der Waals surface area contributed by atoms with Crippen LogP contribution < -0.4 is 0 Å². The molecule has 0 aromatic rings. The van der Waals surface area contributed by atoms with Gasteiger partial charge in [-0.05, 0) is 13.3 Å². The fraction of sp³-hybridized carbons (Fsp3) is 0.917. The molecule has 0 aromatic heterocycles. The quantitative estimate of drug-likeness (QED) is 0.445. The molecule has 0 rings (SSSR count). The van der Waals surface area contributed by atoms with Crippen molar-refractivity contribution in [2.24, 2.45) is 0 Å². The second-order valence-corrected chi connectivity index (χ2v) is 3.68. The van der Waals surface area contributed by atoms with Gasteiger partial charge in [-0.25, -0.2) is 0 Å². The molecular formula is C12H25ClO2. The molecule has 0 fully saturated rings. The van der Waals surface area contributed by atoms with Crippen molar-refractivity contribution in [1.82, 2.24) is 0 Å². The van der Waals surface area contributed by atoms with Crippen LogP contribution in [0.15, 0.2) is 0 Å². The third-order valence-electron chi connectivity index (χ3n) is 2.29. The first-order valence-electron chi connectivity index (χ1n) is 5.96. The summed E-state index contributed by atoms with van der Waals surface area (Å²) in [5.74, 6) is -0.0407. The van der Waals surface area contributed by atoms with Gasteiger partial charge in [0.1, 0.15) is 0 Å². The monoisotopic (exact) mass is 236 g/mol. The molecule has 0 N–H and O–H groups in total. The SMILES string of the molecule is CCCCCCCCCC(=O)OCC.Cl. The van der Waals surface area contributed by atoms with Gasteiger partial charge in [-0.3, -0.25) is 4.79 Å². The number of carbonyl (C=O) groups excluding carboxylic acids is 1. The minimum absolute atomic E-state index is 0. The van der Waals surface area contributed by atoms with E-state index >= 15 is 0 Å². The summed E-state index contributed by atoms with van der Waals surface area (Å²) in [6, 6.07) is 0. The number of rotatable bonds is 9. The molecule has 3 heteroatoms. The largest absolute Gasteiger partial charge is 0.466 e. The number of esters is 1. The Kier molecular flexibility index (Phi) is 15.7. The summed E-state index contributed by atoms with van der Waals surface area (Å²) < 4.78 is 4.85. The number of unbranched alkanes of at least 4 members (excludes halogenated alkanes) is 6. The highest BCUT2D eigenvalue weighted by Gasteiger charge is 2.00. The predicted molar refractivity (Wildman–Crippen MR) is 66.5 cm³/mol. The zero-order valence-electron chi connectivity index (χ0n) is 10.1. The molecule has 0 bridgehead atoms. The van der Waals surface area contributed by atoms with Crippen molar-refractivity contribution in [3.8, 4) is 0 Å². The first kappa shape index (κ1) is 17.2. The highest BCUT2D eigenvalue weighted by atomic mass is 35.5. The number of carbonyl (C=O) groups is 1. The van der Waals surface area contributed by atoms with Gasteiger partial charge in [0.25, 0.3) is 0 Å². The Morgan fingerprint density at radius 1 is 0.933 bits per heavy atom. The van der Waals surface area contributed by atoms with E-state index in [0.29, 0.717) is 13.0 Å². The van der Waals surface area contributed by atoms with E-state index in [2.05, 4.69) is 6.92 Å². The summed E-state index contributed by atoms with van der Waals surface area (Å²) in [6.07, 6.45) is 9.32. The van der Waals surface area contributed by atoms with E-state index in [1.165, 1.54) is 38.5 Å². The van der Waals surface area contributed by atoms with E-state index in [0.717, 1.165) is 6.42 Å². The van der Waals surface area contributed by atoms with Gasteiger partial charge in [-0.2, -0.15) is 0 Å². The Bertz CT molecular complexity index is 138. The lowest BCUT2D eigenvalue weighted by atomic mass is 10.1. The van der Waals surface area contributed by atoms with Crippen molar-refractivity contribution in [3.05, 3.63) is 0 Å². The smallest absolute Gasteiger partial charge is 0.305 e. The van der Waals surface area contributed by atoms with Crippen molar-refractivity contribution in [1.29, 1.82) is 0 Å². The summed E-state index contributed by atoms with van der Waals surface area (Å²) in [4.78, 5) is 11.0. The lowest BCUT2D eigenvalue weighted by Crippen LogP contribution is -2.03. The highest BCUT2D eigenvalue weighted by Crippen LogP contribution is 2.08. The second kappa shape index (κ2) is 13.8. The first-order valence-corrected chi connectivity index (χ1v) is 5.96. The highest BCUT2D eigenvalue weighted by molar-refractivity contribution is 5.85. The molecule has 0 amide bonds. The first-order chi connectivity index (χ1) is 6.81. The molecule has 0 atom stereocenters. The van der Waals surface area contributed by atoms with Crippen molar-refractivity contribution >= 4 is 18.4 Å². The van der Waals surface area contributed by atoms with Gasteiger partial charge in [-0.15, -0.1) is 12.4 Å². The molecule has 0 heterocycles. The van der Waals surface area contributed by atoms with E-state index in [1.54, 1.807) is 0 Å². The van der Waals surface area contributed by atoms with Crippen LogP contribution in [0.3, 0.4) is 0 Å². The van der Waals surface area contributed by atoms with Gasteiger partial charge in [0.05, 0.1) is 6.61 Å². The number of hydrogen-bond donors (Lipinski definition) is 0. The molecule has 15 heavy (non-hydrogen) atoms. The molecule has 0 aliphatic rings. The average Bonchev–Trinajstić information content (AvgIpc) is 2.17. The van der Waals surface area contributed by atoms with Crippen LogP contribution in [-0.2, 0) is 9.53 Å². The standard InChI is InChI=1S/C12H24O2.ClH/c1-3-5-6-7-8-9-10-11-12(13)14-4-2;/h3-11H2,1-2H3;1H. The number of ether oxygens (including phenoxy) is 1. The maximum Gasteiger partial charge on any atom is 0.305 e. The van der Waals surface area contributed by atoms with Gasteiger partial charge in [0, 0.05) is 6.42 Å². The maximum absolute atomic E-state index is 11.0. The summed E-state index contributed by atoms with van der Waals surface area (Å²) in [5, 5.41) is 0. The van der Waals surface area contributed by atoms with Gasteiger partial charge in [0.2, 0.25) is 0 Å². The van der Waals surface area contributed by atoms with Crippen LogP contribution in [0, 0.1) is 0 Å². The third kappa shape index (κ3) is 13.8. The van der Waals surface area contributed by atoms with E-state index < -0.39 is 0 Å². The topological polar surface area (TPSA) is 26.3 Å². The zero-order valence-corrected chi connectivity index (χ0v) is 10.9. The molecule has 0 saturated carbocycles. The molecular weight excluding hydrogens is 212 g/mol. The summed E-state index contributed by atoms with van der Waals surface area (Å²) >= 11 is 0. The van der Waals surface area contributed by atoms with Crippen LogP contribution in [0.1, 0.15) is 65.2 Å². The zero-order chi connectivity index (χ0) is 10.6. The average molecular weight is 237 g/mol. The normalized spacial score (nSPS) is 9.47. The molecule has 0 saturated heterocycles. The van der Waals surface area contributed by atoms with Crippen LogP contribution in [0.25, 0.3) is 0 Å². The minimum Gasteiger partial charge on any atom is -0.466 e. The molecule has 0 unspecified atom stereocenters. The fourth-order valence-corrected chi connectivity index (χ4v) is 1.46. The Morgan fingerprint density at radius 2 is 1.47 bits per heavy atom. The molecule has 2 nitrogen and oxygen atoms in total. The van der Waals surface area contributed by atoms with Crippen molar-refractivity contribution in [3.63, 3.8) is 0 Å². The molecule has 0 aliphatic carbocycles.